The molecule has 1 atom stereocenters. The summed E-state index contributed by atoms with van der Waals surface area (Å²) in [4.78, 5) is 2.50. The smallest absolute Gasteiger partial charge is 0.200 e. The fourth-order valence-electron chi connectivity index (χ4n) is 5.46. The largest absolute Gasteiger partial charge is 0.466 e. The Kier molecular flexibility index (Phi) is 5.27. The van der Waals surface area contributed by atoms with Crippen molar-refractivity contribution < 1.29 is 4.74 Å². The molecule has 168 valence electrons. The predicted molar refractivity (Wildman–Crippen MR) is 136 cm³/mol. The minimum absolute atomic E-state index is 0.211. The van der Waals surface area contributed by atoms with Crippen LogP contribution in [0, 0.1) is 0 Å². The Balaban J connectivity index is 1.35. The van der Waals surface area contributed by atoms with Crippen molar-refractivity contribution in [1.29, 1.82) is 0 Å². The zero-order chi connectivity index (χ0) is 22.4. The van der Waals surface area contributed by atoms with Crippen LogP contribution in [0.1, 0.15) is 43.4 Å². The Morgan fingerprint density at radius 3 is 2.36 bits per heavy atom. The predicted octanol–water partition coefficient (Wildman–Crippen LogP) is 6.47. The number of rotatable bonds is 3. The molecule has 0 unspecified atom stereocenters. The van der Waals surface area contributed by atoms with Gasteiger partial charge in [0.2, 0.25) is 5.72 Å². The lowest BCUT2D eigenvalue weighted by Gasteiger charge is -2.51. The molecule has 3 aliphatic rings. The van der Waals surface area contributed by atoms with Crippen LogP contribution in [0.15, 0.2) is 82.4 Å². The van der Waals surface area contributed by atoms with Gasteiger partial charge in [-0.1, -0.05) is 77.5 Å². The van der Waals surface area contributed by atoms with Crippen molar-refractivity contribution >= 4 is 21.6 Å². The first-order valence-corrected chi connectivity index (χ1v) is 12.7. The fraction of sp³-hybridized carbons (Fsp3) is 0.321. The number of ether oxygens (including phenoxy) is 1. The van der Waals surface area contributed by atoms with Gasteiger partial charge < -0.3 is 9.64 Å². The van der Waals surface area contributed by atoms with Crippen molar-refractivity contribution in [3.63, 3.8) is 0 Å². The van der Waals surface area contributed by atoms with E-state index in [2.05, 4.69) is 106 Å². The molecule has 0 saturated carbocycles. The number of halogens is 1. The standard InChI is InChI=1S/C28H28BrN3O/c1-2-31-16-14-28(15-17-31)32-26(24-18-23(29)12-13-27(24)33-28)19-25(30-32)22-10-8-21(9-11-22)20-6-4-3-5-7-20/h3-13,18,26H,2,14-17,19H2,1H3/t26-/m0/s1. The molecule has 0 bridgehead atoms. The topological polar surface area (TPSA) is 28.1 Å². The first-order chi connectivity index (χ1) is 16.1. The molecule has 33 heavy (non-hydrogen) atoms. The molecule has 0 amide bonds. The summed E-state index contributed by atoms with van der Waals surface area (Å²) in [6, 6.07) is 26.0. The first-order valence-electron chi connectivity index (χ1n) is 11.9. The SMILES string of the molecule is CCN1CCC2(CC1)Oc1ccc(Br)cc1[C@@H]1CC(c3ccc(-c4ccccc4)cc3)=NN12. The molecule has 5 heteroatoms. The van der Waals surface area contributed by atoms with Gasteiger partial charge >= 0.3 is 0 Å². The lowest BCUT2D eigenvalue weighted by atomic mass is 9.90. The zero-order valence-electron chi connectivity index (χ0n) is 18.9. The van der Waals surface area contributed by atoms with E-state index in [1.54, 1.807) is 0 Å². The van der Waals surface area contributed by atoms with Crippen LogP contribution in [0.3, 0.4) is 0 Å². The van der Waals surface area contributed by atoms with E-state index in [4.69, 9.17) is 9.84 Å². The van der Waals surface area contributed by atoms with Gasteiger partial charge in [-0.2, -0.15) is 5.10 Å². The summed E-state index contributed by atoms with van der Waals surface area (Å²) in [6.07, 6.45) is 2.84. The second kappa shape index (κ2) is 8.30. The monoisotopic (exact) mass is 501 g/mol. The summed E-state index contributed by atoms with van der Waals surface area (Å²) < 4.78 is 7.84. The molecule has 1 spiro atoms. The summed E-state index contributed by atoms with van der Waals surface area (Å²) in [5.74, 6) is 1.01. The third-order valence-electron chi connectivity index (χ3n) is 7.37. The second-order valence-electron chi connectivity index (χ2n) is 9.22. The molecule has 4 nitrogen and oxygen atoms in total. The third-order valence-corrected chi connectivity index (χ3v) is 7.86. The number of hydrazone groups is 1. The summed E-state index contributed by atoms with van der Waals surface area (Å²) in [6.45, 7) is 5.41. The van der Waals surface area contributed by atoms with Gasteiger partial charge in [0.1, 0.15) is 5.75 Å². The molecule has 1 saturated heterocycles. The van der Waals surface area contributed by atoms with E-state index in [1.807, 2.05) is 0 Å². The summed E-state index contributed by atoms with van der Waals surface area (Å²) in [5, 5.41) is 7.53. The van der Waals surface area contributed by atoms with E-state index >= 15 is 0 Å². The third kappa shape index (κ3) is 3.68. The van der Waals surface area contributed by atoms with Crippen LogP contribution < -0.4 is 4.74 Å². The van der Waals surface area contributed by atoms with E-state index in [0.717, 1.165) is 54.8 Å². The van der Waals surface area contributed by atoms with Gasteiger partial charge in [-0.15, -0.1) is 0 Å². The average Bonchev–Trinajstić information content (AvgIpc) is 3.33. The van der Waals surface area contributed by atoms with Crippen molar-refractivity contribution in [2.45, 2.75) is 38.0 Å². The highest BCUT2D eigenvalue weighted by atomic mass is 79.9. The van der Waals surface area contributed by atoms with Crippen molar-refractivity contribution in [2.75, 3.05) is 19.6 Å². The van der Waals surface area contributed by atoms with Crippen molar-refractivity contribution in [2.24, 2.45) is 5.10 Å². The number of nitrogens with zero attached hydrogens (tertiary/aromatic N) is 3. The van der Waals surface area contributed by atoms with Gasteiger partial charge in [0.05, 0.1) is 11.8 Å². The molecular weight excluding hydrogens is 474 g/mol. The van der Waals surface area contributed by atoms with Gasteiger partial charge in [0.15, 0.2) is 0 Å². The van der Waals surface area contributed by atoms with E-state index in [1.165, 1.54) is 22.3 Å². The molecule has 0 aromatic heterocycles. The highest BCUT2D eigenvalue weighted by Crippen LogP contribution is 2.50. The number of hydrogen-bond donors (Lipinski definition) is 0. The molecule has 6 rings (SSSR count). The normalized spacial score (nSPS) is 21.3. The van der Waals surface area contributed by atoms with Gasteiger partial charge in [0, 0.05) is 42.4 Å². The Hall–Kier alpha value is -2.63. The van der Waals surface area contributed by atoms with Crippen LogP contribution in [-0.4, -0.2) is 41.0 Å². The zero-order valence-corrected chi connectivity index (χ0v) is 20.5. The Morgan fingerprint density at radius 2 is 1.64 bits per heavy atom. The number of fused-ring (bicyclic) bond motifs is 4. The van der Waals surface area contributed by atoms with Crippen molar-refractivity contribution in [1.82, 2.24) is 9.91 Å². The van der Waals surface area contributed by atoms with E-state index in [9.17, 15) is 0 Å². The quantitative estimate of drug-likeness (QED) is 0.411. The van der Waals surface area contributed by atoms with E-state index < -0.39 is 0 Å². The number of piperidine rings is 1. The van der Waals surface area contributed by atoms with Gasteiger partial charge in [-0.3, -0.25) is 0 Å². The molecule has 3 heterocycles. The van der Waals surface area contributed by atoms with Crippen molar-refractivity contribution in [3.05, 3.63) is 88.4 Å². The minimum atomic E-state index is -0.358. The summed E-state index contributed by atoms with van der Waals surface area (Å²) >= 11 is 3.66. The average molecular weight is 502 g/mol. The Bertz CT molecular complexity index is 1180. The van der Waals surface area contributed by atoms with Crippen LogP contribution in [-0.2, 0) is 0 Å². The molecule has 3 aromatic carbocycles. The molecule has 3 aliphatic heterocycles. The number of benzene rings is 3. The summed E-state index contributed by atoms with van der Waals surface area (Å²) in [5.41, 5.74) is 5.69. The van der Waals surface area contributed by atoms with Crippen molar-refractivity contribution in [3.8, 4) is 16.9 Å². The van der Waals surface area contributed by atoms with E-state index in [0.29, 0.717) is 0 Å². The van der Waals surface area contributed by atoms with Crippen LogP contribution >= 0.6 is 15.9 Å². The maximum Gasteiger partial charge on any atom is 0.200 e. The maximum atomic E-state index is 6.75. The van der Waals surface area contributed by atoms with E-state index in [-0.39, 0.29) is 11.8 Å². The second-order valence-corrected chi connectivity index (χ2v) is 10.1. The van der Waals surface area contributed by atoms with Gasteiger partial charge in [-0.05, 0) is 41.4 Å². The lowest BCUT2D eigenvalue weighted by molar-refractivity contribution is -0.149. The van der Waals surface area contributed by atoms with Gasteiger partial charge in [-0.25, -0.2) is 5.01 Å². The minimum Gasteiger partial charge on any atom is -0.466 e. The fourth-order valence-corrected chi connectivity index (χ4v) is 5.84. The number of hydrogen-bond acceptors (Lipinski definition) is 4. The lowest BCUT2D eigenvalue weighted by Crippen LogP contribution is -2.59. The molecule has 3 aromatic rings. The number of likely N-dealkylation sites (tertiary alicyclic amines) is 1. The van der Waals surface area contributed by atoms with Crippen LogP contribution in [0.5, 0.6) is 5.75 Å². The highest BCUT2D eigenvalue weighted by Gasteiger charge is 2.51. The summed E-state index contributed by atoms with van der Waals surface area (Å²) in [7, 11) is 0. The molecule has 0 N–H and O–H groups in total. The maximum absolute atomic E-state index is 6.75. The van der Waals surface area contributed by atoms with Crippen LogP contribution in [0.2, 0.25) is 0 Å². The Labute approximate surface area is 204 Å². The van der Waals surface area contributed by atoms with Gasteiger partial charge in [0.25, 0.3) is 0 Å². The molecule has 0 aliphatic carbocycles. The van der Waals surface area contributed by atoms with Crippen LogP contribution in [0.25, 0.3) is 11.1 Å². The van der Waals surface area contributed by atoms with Crippen LogP contribution in [0.4, 0.5) is 0 Å². The molecule has 0 radical (unpaired) electrons. The molecule has 1 fully saturated rings. The Morgan fingerprint density at radius 1 is 0.939 bits per heavy atom. The first kappa shape index (κ1) is 20.9. The highest BCUT2D eigenvalue weighted by molar-refractivity contribution is 9.10. The molecular formula is C28H28BrN3O.